The molecule has 0 N–H and O–H groups in total. The van der Waals surface area contributed by atoms with Gasteiger partial charge in [-0.05, 0) is 29.8 Å². The Morgan fingerprint density at radius 1 is 1.22 bits per heavy atom. The number of rotatable bonds is 3. The van der Waals surface area contributed by atoms with Crippen molar-refractivity contribution in [3.8, 4) is 11.5 Å². The van der Waals surface area contributed by atoms with Crippen LogP contribution in [0, 0.1) is 0 Å². The van der Waals surface area contributed by atoms with Crippen molar-refractivity contribution in [3.63, 3.8) is 0 Å². The van der Waals surface area contributed by atoms with Crippen LogP contribution in [0.15, 0.2) is 42.7 Å². The molecule has 3 rings (SSSR count). The van der Waals surface area contributed by atoms with E-state index in [-0.39, 0.29) is 12.4 Å². The van der Waals surface area contributed by atoms with E-state index in [1.165, 1.54) is 0 Å². The van der Waals surface area contributed by atoms with Crippen LogP contribution in [0.2, 0.25) is 0 Å². The predicted octanol–water partition coefficient (Wildman–Crippen LogP) is 2.24. The van der Waals surface area contributed by atoms with E-state index >= 15 is 0 Å². The summed E-state index contributed by atoms with van der Waals surface area (Å²) in [5, 5.41) is 0. The highest BCUT2D eigenvalue weighted by Crippen LogP contribution is 2.29. The fraction of sp³-hybridized carbons (Fsp3) is 0.143. The maximum atomic E-state index is 11.4. The van der Waals surface area contributed by atoms with Crippen molar-refractivity contribution >= 4 is 5.78 Å². The molecule has 1 aromatic heterocycles. The zero-order valence-electron chi connectivity index (χ0n) is 9.63. The lowest BCUT2D eigenvalue weighted by Crippen LogP contribution is -1.98. The molecule has 0 saturated heterocycles. The fourth-order valence-electron chi connectivity index (χ4n) is 1.81. The van der Waals surface area contributed by atoms with Crippen LogP contribution in [0.25, 0.3) is 0 Å². The van der Waals surface area contributed by atoms with E-state index in [0.717, 1.165) is 5.56 Å². The molecule has 2 aromatic rings. The fourth-order valence-corrected chi connectivity index (χ4v) is 1.81. The second-order valence-electron chi connectivity index (χ2n) is 4.01. The molecule has 0 atom stereocenters. The number of ether oxygens (including phenoxy) is 2. The van der Waals surface area contributed by atoms with Gasteiger partial charge in [0.05, 0.1) is 5.56 Å². The summed E-state index contributed by atoms with van der Waals surface area (Å²) < 4.78 is 10.9. The third-order valence-electron chi connectivity index (χ3n) is 2.77. The van der Waals surface area contributed by atoms with E-state index in [2.05, 4.69) is 4.98 Å². The molecule has 0 aliphatic carbocycles. The number of nitrogens with zero attached hydrogens (tertiary/aromatic N) is 1. The minimum absolute atomic E-state index is 0.0192. The van der Waals surface area contributed by atoms with Crippen LogP contribution in [0.3, 0.4) is 0 Å². The van der Waals surface area contributed by atoms with E-state index in [1.807, 2.05) is 12.1 Å². The summed E-state index contributed by atoms with van der Waals surface area (Å²) >= 11 is 0. The maximum Gasteiger partial charge on any atom is 0.203 e. The first-order valence-electron chi connectivity index (χ1n) is 5.65. The third-order valence-corrected chi connectivity index (χ3v) is 2.77. The summed E-state index contributed by atoms with van der Waals surface area (Å²) in [6, 6.07) is 9.07. The summed E-state index contributed by atoms with van der Waals surface area (Å²) in [6.45, 7) is 0.596. The molecular formula is C14H11NO3. The van der Waals surface area contributed by atoms with Gasteiger partial charge in [0, 0.05) is 18.5 Å². The van der Waals surface area contributed by atoms with Crippen LogP contribution >= 0.6 is 0 Å². The van der Waals surface area contributed by atoms with Gasteiger partial charge in [-0.25, -0.2) is 0 Å². The van der Waals surface area contributed by atoms with Crippen LogP contribution in [0.1, 0.15) is 15.9 Å². The maximum absolute atomic E-state index is 11.4. The summed E-state index contributed by atoms with van der Waals surface area (Å²) in [7, 11) is 0. The number of carbonyl (C=O) groups excluding carboxylic acids is 1. The molecular weight excluding hydrogens is 230 g/mol. The first-order valence-corrected chi connectivity index (χ1v) is 5.65. The monoisotopic (exact) mass is 241 g/mol. The first-order chi connectivity index (χ1) is 8.83. The molecule has 0 saturated carbocycles. The highest BCUT2D eigenvalue weighted by atomic mass is 16.5. The molecule has 1 aliphatic rings. The summed E-state index contributed by atoms with van der Waals surface area (Å²) in [6.07, 6.45) is 3.45. The van der Waals surface area contributed by atoms with Crippen LogP contribution < -0.4 is 9.47 Å². The van der Waals surface area contributed by atoms with Crippen LogP contribution in [-0.2, 0) is 6.61 Å². The van der Waals surface area contributed by atoms with E-state index < -0.39 is 0 Å². The van der Waals surface area contributed by atoms with Gasteiger partial charge in [-0.15, -0.1) is 0 Å². The number of aromatic nitrogens is 1. The van der Waals surface area contributed by atoms with Crippen molar-refractivity contribution in [2.45, 2.75) is 6.61 Å². The number of pyridine rings is 1. The smallest absolute Gasteiger partial charge is 0.203 e. The Balaban J connectivity index is 1.73. The lowest BCUT2D eigenvalue weighted by atomic mass is 10.1. The molecule has 1 aliphatic heterocycles. The average molecular weight is 241 g/mol. The minimum Gasteiger partial charge on any atom is -0.489 e. The van der Waals surface area contributed by atoms with Gasteiger partial charge in [0.25, 0.3) is 0 Å². The predicted molar refractivity (Wildman–Crippen MR) is 64.8 cm³/mol. The molecule has 0 unspecified atom stereocenters. The highest BCUT2D eigenvalue weighted by molar-refractivity contribution is 6.02. The normalized spacial score (nSPS) is 13.0. The topological polar surface area (TPSA) is 48.4 Å². The number of carbonyl (C=O) groups is 1. The van der Waals surface area contributed by atoms with Gasteiger partial charge in [0.15, 0.2) is 6.61 Å². The van der Waals surface area contributed by atoms with Crippen molar-refractivity contribution in [1.82, 2.24) is 4.98 Å². The molecule has 0 amide bonds. The Labute approximate surface area is 104 Å². The number of hydrogen-bond acceptors (Lipinski definition) is 4. The van der Waals surface area contributed by atoms with Gasteiger partial charge in [-0.2, -0.15) is 0 Å². The number of benzene rings is 1. The van der Waals surface area contributed by atoms with Gasteiger partial charge in [-0.1, -0.05) is 0 Å². The van der Waals surface area contributed by atoms with Crippen LogP contribution in [0.5, 0.6) is 11.5 Å². The summed E-state index contributed by atoms with van der Waals surface area (Å²) in [5.41, 5.74) is 1.67. The molecule has 2 heterocycles. The lowest BCUT2D eigenvalue weighted by molar-refractivity contribution is 0.0961. The minimum atomic E-state index is 0.0192. The molecule has 4 nitrogen and oxygen atoms in total. The second kappa shape index (κ2) is 4.49. The van der Waals surface area contributed by atoms with Crippen LogP contribution in [-0.4, -0.2) is 17.4 Å². The molecule has 1 aromatic carbocycles. The molecule has 0 bridgehead atoms. The van der Waals surface area contributed by atoms with E-state index in [9.17, 15) is 4.79 Å². The van der Waals surface area contributed by atoms with Crippen molar-refractivity contribution in [1.29, 1.82) is 0 Å². The van der Waals surface area contributed by atoms with Gasteiger partial charge >= 0.3 is 0 Å². The van der Waals surface area contributed by atoms with Gasteiger partial charge in [-0.3, -0.25) is 9.78 Å². The van der Waals surface area contributed by atoms with Gasteiger partial charge in [0.2, 0.25) is 5.78 Å². The quantitative estimate of drug-likeness (QED) is 0.826. The van der Waals surface area contributed by atoms with E-state index in [4.69, 9.17) is 9.47 Å². The Morgan fingerprint density at radius 2 is 2.06 bits per heavy atom. The molecule has 0 radical (unpaired) electrons. The average Bonchev–Trinajstić information content (AvgIpc) is 2.79. The SMILES string of the molecule is O=C1COc2cc(OCc3ccncc3)ccc21. The zero-order chi connectivity index (χ0) is 12.4. The molecule has 18 heavy (non-hydrogen) atoms. The van der Waals surface area contributed by atoms with E-state index in [0.29, 0.717) is 23.7 Å². The van der Waals surface area contributed by atoms with Crippen LogP contribution in [0.4, 0.5) is 0 Å². The lowest BCUT2D eigenvalue weighted by Gasteiger charge is -2.07. The Kier molecular flexibility index (Phi) is 2.68. The first kappa shape index (κ1) is 10.8. The standard InChI is InChI=1S/C14H11NO3/c16-13-9-18-14-7-11(1-2-12(13)14)17-8-10-3-5-15-6-4-10/h1-7H,8-9H2. The zero-order valence-corrected chi connectivity index (χ0v) is 9.63. The Bertz CT molecular complexity index is 581. The number of hydrogen-bond donors (Lipinski definition) is 0. The summed E-state index contributed by atoms with van der Waals surface area (Å²) in [5.74, 6) is 1.32. The van der Waals surface area contributed by atoms with Gasteiger partial charge in [0.1, 0.15) is 18.1 Å². The third kappa shape index (κ3) is 2.05. The number of fused-ring (bicyclic) bond motifs is 1. The van der Waals surface area contributed by atoms with Crippen molar-refractivity contribution in [3.05, 3.63) is 53.9 Å². The number of ketones is 1. The highest BCUT2D eigenvalue weighted by Gasteiger charge is 2.21. The molecule has 0 fully saturated rings. The van der Waals surface area contributed by atoms with Crippen molar-refractivity contribution in [2.24, 2.45) is 0 Å². The second-order valence-corrected chi connectivity index (χ2v) is 4.01. The molecule has 90 valence electrons. The summed E-state index contributed by atoms with van der Waals surface area (Å²) in [4.78, 5) is 15.3. The van der Waals surface area contributed by atoms with Gasteiger partial charge < -0.3 is 9.47 Å². The Morgan fingerprint density at radius 3 is 2.89 bits per heavy atom. The largest absolute Gasteiger partial charge is 0.489 e. The Hall–Kier alpha value is -2.36. The molecule has 0 spiro atoms. The number of Topliss-reactive ketones (excluding diaryl/α,β-unsaturated/α-hetero) is 1. The van der Waals surface area contributed by atoms with E-state index in [1.54, 1.807) is 30.6 Å². The molecule has 4 heteroatoms. The van der Waals surface area contributed by atoms with Crippen molar-refractivity contribution in [2.75, 3.05) is 6.61 Å². The van der Waals surface area contributed by atoms with Crippen molar-refractivity contribution < 1.29 is 14.3 Å².